The monoisotopic (exact) mass is 284 g/mol. The van der Waals surface area contributed by atoms with Gasteiger partial charge in [0.25, 0.3) is 6.01 Å². The molecular weight excluding hydrogens is 272 g/mol. The molecule has 0 amide bonds. The number of rotatable bonds is 2. The predicted molar refractivity (Wildman–Crippen MR) is 63.6 cm³/mol. The van der Waals surface area contributed by atoms with Crippen molar-refractivity contribution < 1.29 is 24.5 Å². The maximum Gasteiger partial charge on any atom is 0.303 e. The molecule has 3 rings (SSSR count). The smallest absolute Gasteiger partial charge is 0.303 e. The number of nitrogens with two attached hydrogens (primary N) is 1. The van der Waals surface area contributed by atoms with E-state index < -0.39 is 36.6 Å². The van der Waals surface area contributed by atoms with Crippen molar-refractivity contribution in [2.24, 2.45) is 0 Å². The Bertz CT molecular complexity index is 697. The number of hydrogen-bond donors (Lipinski definition) is 5. The molecule has 0 radical (unpaired) electrons. The van der Waals surface area contributed by atoms with E-state index in [4.69, 9.17) is 20.0 Å². The second kappa shape index (κ2) is 4.52. The fourth-order valence-electron chi connectivity index (χ4n) is 2.20. The lowest BCUT2D eigenvalue weighted by Gasteiger charge is -2.11. The van der Waals surface area contributed by atoms with Gasteiger partial charge in [-0.25, -0.2) is 0 Å². The highest BCUT2D eigenvalue weighted by molar-refractivity contribution is 5.74. The van der Waals surface area contributed by atoms with E-state index in [2.05, 4.69) is 15.2 Å². The number of H-pyrrole nitrogens is 1. The van der Waals surface area contributed by atoms with Crippen molar-refractivity contribution in [1.82, 2.24) is 15.2 Å². The molecule has 2 aromatic rings. The number of nitrogens with one attached hydrogen (secondary N) is 1. The van der Waals surface area contributed by atoms with Crippen LogP contribution < -0.4 is 11.3 Å². The Morgan fingerprint density at radius 2 is 2.10 bits per heavy atom. The van der Waals surface area contributed by atoms with E-state index in [9.17, 15) is 15.0 Å². The Kier molecular flexibility index (Phi) is 2.94. The summed E-state index contributed by atoms with van der Waals surface area (Å²) < 4.78 is 10.4. The van der Waals surface area contributed by atoms with Crippen LogP contribution in [0.5, 0.6) is 0 Å². The average molecular weight is 284 g/mol. The van der Waals surface area contributed by atoms with Crippen LogP contribution in [0.15, 0.2) is 9.21 Å². The first-order valence-corrected chi connectivity index (χ1v) is 5.80. The Labute approximate surface area is 110 Å². The van der Waals surface area contributed by atoms with Gasteiger partial charge in [-0.05, 0) is 0 Å². The minimum absolute atomic E-state index is 0.00246. The maximum atomic E-state index is 11.6. The molecule has 10 nitrogen and oxygen atoms in total. The quantitative estimate of drug-likeness (QED) is 0.405. The maximum absolute atomic E-state index is 11.6. The van der Waals surface area contributed by atoms with Crippen LogP contribution in [0.3, 0.4) is 0 Å². The lowest BCUT2D eigenvalue weighted by molar-refractivity contribution is -0.0238. The number of nitrogen functional groups attached to an aromatic ring is 1. The molecule has 2 aromatic heterocycles. The number of fused-ring (bicyclic) bond motifs is 1. The highest BCUT2D eigenvalue weighted by atomic mass is 16.6. The molecule has 1 saturated heterocycles. The molecule has 10 heteroatoms. The van der Waals surface area contributed by atoms with Crippen LogP contribution in [0, 0.1) is 0 Å². The molecular formula is C10H12N4O6. The fourth-order valence-corrected chi connectivity index (χ4v) is 2.20. The summed E-state index contributed by atoms with van der Waals surface area (Å²) in [4.78, 5) is 15.0. The van der Waals surface area contributed by atoms with Crippen molar-refractivity contribution in [1.29, 1.82) is 0 Å². The number of aliphatic hydroxyl groups is 3. The Hall–Kier alpha value is -2.01. The van der Waals surface area contributed by atoms with E-state index in [1.54, 1.807) is 0 Å². The van der Waals surface area contributed by atoms with Crippen LogP contribution in [0.2, 0.25) is 0 Å². The Morgan fingerprint density at radius 1 is 1.35 bits per heavy atom. The van der Waals surface area contributed by atoms with Crippen LogP contribution >= 0.6 is 0 Å². The van der Waals surface area contributed by atoms with Crippen LogP contribution in [0.1, 0.15) is 11.8 Å². The van der Waals surface area contributed by atoms with E-state index in [0.717, 1.165) is 0 Å². The van der Waals surface area contributed by atoms with Crippen molar-refractivity contribution in [3.63, 3.8) is 0 Å². The van der Waals surface area contributed by atoms with Crippen LogP contribution in [0.25, 0.3) is 11.1 Å². The third-order valence-corrected chi connectivity index (χ3v) is 3.19. The van der Waals surface area contributed by atoms with Crippen molar-refractivity contribution in [2.75, 3.05) is 12.3 Å². The zero-order valence-corrected chi connectivity index (χ0v) is 10.1. The SMILES string of the molecule is Nc1nc(=O)c2[nH]nc(C3O[C@H](CO)[C@@H](O)[C@H]3O)c2o1. The second-order valence-corrected chi connectivity index (χ2v) is 4.43. The van der Waals surface area contributed by atoms with Gasteiger partial charge in [0.1, 0.15) is 30.1 Å². The van der Waals surface area contributed by atoms with Gasteiger partial charge in [-0.3, -0.25) is 9.89 Å². The molecule has 4 atom stereocenters. The Balaban J connectivity index is 2.09. The molecule has 0 saturated carbocycles. The molecule has 6 N–H and O–H groups in total. The Morgan fingerprint density at radius 3 is 2.75 bits per heavy atom. The summed E-state index contributed by atoms with van der Waals surface area (Å²) in [5, 5.41) is 34.9. The third kappa shape index (κ3) is 1.78. The van der Waals surface area contributed by atoms with Crippen molar-refractivity contribution in [3.05, 3.63) is 16.0 Å². The summed E-state index contributed by atoms with van der Waals surface area (Å²) >= 11 is 0. The number of hydrogen-bond acceptors (Lipinski definition) is 9. The number of aromatic nitrogens is 3. The number of anilines is 1. The van der Waals surface area contributed by atoms with E-state index in [1.807, 2.05) is 0 Å². The second-order valence-electron chi connectivity index (χ2n) is 4.43. The first-order chi connectivity index (χ1) is 9.52. The summed E-state index contributed by atoms with van der Waals surface area (Å²) in [5.41, 5.74) is 4.75. The van der Waals surface area contributed by atoms with Crippen LogP contribution in [-0.4, -0.2) is 55.4 Å². The van der Waals surface area contributed by atoms with Gasteiger partial charge < -0.3 is 30.2 Å². The van der Waals surface area contributed by atoms with E-state index in [1.165, 1.54) is 0 Å². The van der Waals surface area contributed by atoms with Gasteiger partial charge in [0.05, 0.1) is 6.61 Å². The molecule has 0 spiro atoms. The summed E-state index contributed by atoms with van der Waals surface area (Å²) in [7, 11) is 0. The average Bonchev–Trinajstić information content (AvgIpc) is 2.93. The highest BCUT2D eigenvalue weighted by Gasteiger charge is 2.45. The largest absolute Gasteiger partial charge is 0.421 e. The van der Waals surface area contributed by atoms with Gasteiger partial charge in [0.15, 0.2) is 11.1 Å². The highest BCUT2D eigenvalue weighted by Crippen LogP contribution is 2.35. The van der Waals surface area contributed by atoms with Gasteiger partial charge in [-0.2, -0.15) is 10.1 Å². The molecule has 1 fully saturated rings. The molecule has 1 unspecified atom stereocenters. The van der Waals surface area contributed by atoms with Gasteiger partial charge in [-0.15, -0.1) is 0 Å². The standard InChI is InChI=1S/C10H12N4O6/c11-10-12-9(18)4-7(20-10)3(13-14-4)8-6(17)5(16)2(1-15)19-8/h2,5-6,8,15-17H,1H2,(H,13,14)(H2,11,12,18)/t2-,5-,6-,8?/m1/s1. The number of aliphatic hydroxyl groups excluding tert-OH is 3. The summed E-state index contributed by atoms with van der Waals surface area (Å²) in [5.74, 6) is 0. The zero-order valence-electron chi connectivity index (χ0n) is 10.1. The van der Waals surface area contributed by atoms with E-state index in [0.29, 0.717) is 0 Å². The van der Waals surface area contributed by atoms with Gasteiger partial charge in [-0.1, -0.05) is 0 Å². The molecule has 1 aliphatic rings. The predicted octanol–water partition coefficient (Wildman–Crippen LogP) is -2.35. The third-order valence-electron chi connectivity index (χ3n) is 3.19. The summed E-state index contributed by atoms with van der Waals surface area (Å²) in [6.07, 6.45) is -4.60. The number of ether oxygens (including phenoxy) is 1. The molecule has 1 aliphatic heterocycles. The lowest BCUT2D eigenvalue weighted by atomic mass is 10.1. The summed E-state index contributed by atoms with van der Waals surface area (Å²) in [6.45, 7) is -0.468. The zero-order chi connectivity index (χ0) is 14.4. The fraction of sp³-hybridized carbons (Fsp3) is 0.500. The minimum atomic E-state index is -1.32. The molecule has 0 bridgehead atoms. The number of aromatic amines is 1. The molecule has 0 aromatic carbocycles. The molecule has 108 valence electrons. The van der Waals surface area contributed by atoms with Gasteiger partial charge in [0, 0.05) is 0 Å². The van der Waals surface area contributed by atoms with Crippen LogP contribution in [0.4, 0.5) is 6.01 Å². The van der Waals surface area contributed by atoms with E-state index in [-0.39, 0.29) is 22.8 Å². The minimum Gasteiger partial charge on any atom is -0.421 e. The lowest BCUT2D eigenvalue weighted by Crippen LogP contribution is -2.32. The number of nitrogens with zero attached hydrogens (tertiary/aromatic N) is 2. The normalized spacial score (nSPS) is 30.1. The van der Waals surface area contributed by atoms with Gasteiger partial charge >= 0.3 is 5.56 Å². The van der Waals surface area contributed by atoms with Crippen molar-refractivity contribution in [2.45, 2.75) is 24.4 Å². The molecule has 20 heavy (non-hydrogen) atoms. The van der Waals surface area contributed by atoms with Crippen LogP contribution in [-0.2, 0) is 4.74 Å². The van der Waals surface area contributed by atoms with Gasteiger partial charge in [0.2, 0.25) is 0 Å². The first kappa shape index (κ1) is 13.0. The summed E-state index contributed by atoms with van der Waals surface area (Å²) in [6, 6.07) is -0.350. The molecule has 0 aliphatic carbocycles. The van der Waals surface area contributed by atoms with E-state index >= 15 is 0 Å². The topological polar surface area (TPSA) is 168 Å². The molecule has 3 heterocycles. The first-order valence-electron chi connectivity index (χ1n) is 5.80. The van der Waals surface area contributed by atoms with Crippen molar-refractivity contribution >= 4 is 17.1 Å². The van der Waals surface area contributed by atoms with Crippen molar-refractivity contribution in [3.8, 4) is 0 Å².